The fourth-order valence-electron chi connectivity index (χ4n) is 2.49. The number of fused-ring (bicyclic) bond motifs is 1. The van der Waals surface area contributed by atoms with Crippen molar-refractivity contribution in [3.05, 3.63) is 55.8 Å². The maximum absolute atomic E-state index is 5.95. The highest BCUT2D eigenvalue weighted by Gasteiger charge is 2.13. The molecule has 21 heavy (non-hydrogen) atoms. The molecule has 0 saturated carbocycles. The van der Waals surface area contributed by atoms with Gasteiger partial charge in [0.1, 0.15) is 5.82 Å². The Hall–Kier alpha value is -0.590. The van der Waals surface area contributed by atoms with Crippen LogP contribution in [0.25, 0.3) is 16.7 Å². The third-order valence-corrected chi connectivity index (χ3v) is 4.61. The largest absolute Gasteiger partial charge is 0.296 e. The molecule has 0 aliphatic rings. The summed E-state index contributed by atoms with van der Waals surface area (Å²) in [5.41, 5.74) is 4.46. The monoisotopic (exact) mass is 474 g/mol. The van der Waals surface area contributed by atoms with Gasteiger partial charge in [-0.25, -0.2) is 4.98 Å². The van der Waals surface area contributed by atoms with E-state index in [1.807, 2.05) is 0 Å². The second-order valence-electron chi connectivity index (χ2n) is 4.92. The van der Waals surface area contributed by atoms with E-state index in [0.29, 0.717) is 5.88 Å². The molecule has 0 bridgehead atoms. The van der Waals surface area contributed by atoms with Crippen molar-refractivity contribution >= 4 is 61.2 Å². The normalized spacial score (nSPS) is 11.2. The SMILES string of the molecule is Cc1cc(Br)cc(-n2c(CCCl)nc3cc(I)ccc32)c1. The lowest BCUT2D eigenvalue weighted by Gasteiger charge is -2.10. The molecular weight excluding hydrogens is 462 g/mol. The summed E-state index contributed by atoms with van der Waals surface area (Å²) in [4.78, 5) is 4.76. The number of nitrogens with zero attached hydrogens (tertiary/aromatic N) is 2. The Bertz CT molecular complexity index is 793. The van der Waals surface area contributed by atoms with Crippen LogP contribution in [-0.2, 0) is 6.42 Å². The summed E-state index contributed by atoms with van der Waals surface area (Å²) in [7, 11) is 0. The molecule has 1 aromatic heterocycles. The molecule has 2 nitrogen and oxygen atoms in total. The fourth-order valence-corrected chi connectivity index (χ4v) is 3.73. The molecule has 0 atom stereocenters. The van der Waals surface area contributed by atoms with E-state index in [2.05, 4.69) is 86.4 Å². The van der Waals surface area contributed by atoms with Crippen molar-refractivity contribution in [3.8, 4) is 5.69 Å². The van der Waals surface area contributed by atoms with Crippen molar-refractivity contribution in [2.45, 2.75) is 13.3 Å². The molecule has 0 amide bonds. The highest BCUT2D eigenvalue weighted by atomic mass is 127. The van der Waals surface area contributed by atoms with E-state index in [0.717, 1.165) is 33.4 Å². The van der Waals surface area contributed by atoms with E-state index in [9.17, 15) is 0 Å². The number of rotatable bonds is 3. The number of alkyl halides is 1. The standard InChI is InChI=1S/C16H13BrClIN2/c1-10-6-11(17)8-13(7-10)21-15-3-2-12(19)9-14(15)20-16(21)4-5-18/h2-3,6-9H,4-5H2,1H3. The summed E-state index contributed by atoms with van der Waals surface area (Å²) in [6, 6.07) is 12.7. The molecule has 0 N–H and O–H groups in total. The van der Waals surface area contributed by atoms with Crippen molar-refractivity contribution < 1.29 is 0 Å². The van der Waals surface area contributed by atoms with Gasteiger partial charge in [-0.05, 0) is 71.5 Å². The molecule has 0 saturated heterocycles. The van der Waals surface area contributed by atoms with E-state index < -0.39 is 0 Å². The molecule has 0 aliphatic heterocycles. The topological polar surface area (TPSA) is 17.8 Å². The van der Waals surface area contributed by atoms with E-state index in [-0.39, 0.29) is 0 Å². The first-order valence-corrected chi connectivity index (χ1v) is 8.99. The average molecular weight is 476 g/mol. The zero-order chi connectivity index (χ0) is 15.0. The minimum atomic E-state index is 0.563. The van der Waals surface area contributed by atoms with Crippen LogP contribution >= 0.6 is 50.1 Å². The Morgan fingerprint density at radius 2 is 2.05 bits per heavy atom. The Morgan fingerprint density at radius 3 is 2.76 bits per heavy atom. The fraction of sp³-hybridized carbons (Fsp3) is 0.188. The van der Waals surface area contributed by atoms with Gasteiger partial charge in [-0.2, -0.15) is 0 Å². The maximum Gasteiger partial charge on any atom is 0.115 e. The Labute approximate surface area is 150 Å². The third kappa shape index (κ3) is 3.12. The lowest BCUT2D eigenvalue weighted by molar-refractivity contribution is 0.911. The van der Waals surface area contributed by atoms with Crippen LogP contribution in [-0.4, -0.2) is 15.4 Å². The van der Waals surface area contributed by atoms with Gasteiger partial charge in [-0.3, -0.25) is 4.57 Å². The van der Waals surface area contributed by atoms with Gasteiger partial charge in [0.2, 0.25) is 0 Å². The number of aromatic nitrogens is 2. The zero-order valence-electron chi connectivity index (χ0n) is 11.4. The summed E-state index contributed by atoms with van der Waals surface area (Å²) in [5.74, 6) is 1.56. The summed E-state index contributed by atoms with van der Waals surface area (Å²) in [5, 5.41) is 0. The molecule has 5 heteroatoms. The summed E-state index contributed by atoms with van der Waals surface area (Å²) < 4.78 is 4.46. The second-order valence-corrected chi connectivity index (χ2v) is 7.46. The lowest BCUT2D eigenvalue weighted by atomic mass is 10.2. The zero-order valence-corrected chi connectivity index (χ0v) is 15.9. The average Bonchev–Trinajstić information content (AvgIpc) is 2.75. The van der Waals surface area contributed by atoms with Crippen LogP contribution in [0.1, 0.15) is 11.4 Å². The molecule has 2 aromatic carbocycles. The Kier molecular flexibility index (Phi) is 4.57. The molecular formula is C16H13BrClIN2. The van der Waals surface area contributed by atoms with Crippen LogP contribution in [0, 0.1) is 10.5 Å². The molecule has 0 fully saturated rings. The maximum atomic E-state index is 5.95. The number of aryl methyl sites for hydroxylation is 2. The first-order chi connectivity index (χ1) is 10.1. The molecule has 3 aromatic rings. The quantitative estimate of drug-likeness (QED) is 0.362. The lowest BCUT2D eigenvalue weighted by Crippen LogP contribution is -2.02. The third-order valence-electron chi connectivity index (χ3n) is 3.29. The van der Waals surface area contributed by atoms with Crippen LogP contribution < -0.4 is 0 Å². The second kappa shape index (κ2) is 6.26. The van der Waals surface area contributed by atoms with Crippen molar-refractivity contribution in [2.24, 2.45) is 0 Å². The van der Waals surface area contributed by atoms with Crippen LogP contribution in [0.5, 0.6) is 0 Å². The molecule has 0 unspecified atom stereocenters. The van der Waals surface area contributed by atoms with Crippen LogP contribution in [0.4, 0.5) is 0 Å². The predicted octanol–water partition coefficient (Wildman–Crippen LogP) is 5.48. The van der Waals surface area contributed by atoms with Crippen LogP contribution in [0.3, 0.4) is 0 Å². The molecule has 0 aliphatic carbocycles. The predicted molar refractivity (Wildman–Crippen MR) is 101 cm³/mol. The summed E-state index contributed by atoms with van der Waals surface area (Å²) in [6.07, 6.45) is 0.748. The van der Waals surface area contributed by atoms with Crippen molar-refractivity contribution in [1.82, 2.24) is 9.55 Å². The molecule has 1 heterocycles. The van der Waals surface area contributed by atoms with Gasteiger partial charge in [0.05, 0.1) is 11.0 Å². The molecule has 3 rings (SSSR count). The van der Waals surface area contributed by atoms with Gasteiger partial charge in [0.15, 0.2) is 0 Å². The van der Waals surface area contributed by atoms with Crippen molar-refractivity contribution in [3.63, 3.8) is 0 Å². The highest BCUT2D eigenvalue weighted by Crippen LogP contribution is 2.26. The van der Waals surface area contributed by atoms with Gasteiger partial charge in [-0.1, -0.05) is 15.9 Å². The minimum absolute atomic E-state index is 0.563. The van der Waals surface area contributed by atoms with E-state index in [1.165, 1.54) is 9.13 Å². The number of hydrogen-bond donors (Lipinski definition) is 0. The molecule has 0 radical (unpaired) electrons. The van der Waals surface area contributed by atoms with Gasteiger partial charge in [0.25, 0.3) is 0 Å². The van der Waals surface area contributed by atoms with Gasteiger partial charge < -0.3 is 0 Å². The van der Waals surface area contributed by atoms with E-state index >= 15 is 0 Å². The smallest absolute Gasteiger partial charge is 0.115 e. The Balaban J connectivity index is 2.30. The number of imidazole rings is 1. The molecule has 108 valence electrons. The minimum Gasteiger partial charge on any atom is -0.296 e. The first-order valence-electron chi connectivity index (χ1n) is 6.59. The van der Waals surface area contributed by atoms with Crippen molar-refractivity contribution in [2.75, 3.05) is 5.88 Å². The molecule has 0 spiro atoms. The Morgan fingerprint density at radius 1 is 1.24 bits per heavy atom. The number of halogens is 3. The van der Waals surface area contributed by atoms with E-state index in [1.54, 1.807) is 0 Å². The summed E-state index contributed by atoms with van der Waals surface area (Å²) in [6.45, 7) is 2.09. The number of hydrogen-bond acceptors (Lipinski definition) is 1. The van der Waals surface area contributed by atoms with Crippen LogP contribution in [0.2, 0.25) is 0 Å². The van der Waals surface area contributed by atoms with Gasteiger partial charge in [-0.15, -0.1) is 11.6 Å². The van der Waals surface area contributed by atoms with Crippen LogP contribution in [0.15, 0.2) is 40.9 Å². The first kappa shape index (κ1) is 15.3. The van der Waals surface area contributed by atoms with Gasteiger partial charge >= 0.3 is 0 Å². The van der Waals surface area contributed by atoms with Crippen molar-refractivity contribution in [1.29, 1.82) is 0 Å². The van der Waals surface area contributed by atoms with Gasteiger partial charge in [0, 0.05) is 26.0 Å². The number of benzene rings is 2. The summed E-state index contributed by atoms with van der Waals surface area (Å²) >= 11 is 11.8. The van der Waals surface area contributed by atoms with E-state index in [4.69, 9.17) is 16.6 Å². The highest BCUT2D eigenvalue weighted by molar-refractivity contribution is 14.1.